The number of likely N-dealkylation sites (tertiary alicyclic amines) is 1. The number of nitrogens with zero attached hydrogens (tertiary/aromatic N) is 1. The van der Waals surface area contributed by atoms with Crippen LogP contribution in [0.5, 0.6) is 0 Å². The van der Waals surface area contributed by atoms with Crippen LogP contribution in [0.2, 0.25) is 0 Å². The molecule has 1 aliphatic carbocycles. The van der Waals surface area contributed by atoms with Gasteiger partial charge in [-0.2, -0.15) is 0 Å². The van der Waals surface area contributed by atoms with Crippen LogP contribution in [0.25, 0.3) is 0 Å². The van der Waals surface area contributed by atoms with E-state index in [-0.39, 0.29) is 6.10 Å². The zero-order valence-electron chi connectivity index (χ0n) is 11.3. The molecule has 0 aromatic rings. The van der Waals surface area contributed by atoms with Gasteiger partial charge in [-0.05, 0) is 31.1 Å². The Labute approximate surface area is 105 Å². The first kappa shape index (κ1) is 13.3. The minimum atomic E-state index is -0.0353. The molecule has 1 saturated heterocycles. The fourth-order valence-corrected chi connectivity index (χ4v) is 3.13. The van der Waals surface area contributed by atoms with E-state index in [0.717, 1.165) is 51.0 Å². The Morgan fingerprint density at radius 3 is 2.76 bits per heavy atom. The van der Waals surface area contributed by atoms with E-state index in [0.29, 0.717) is 5.92 Å². The highest BCUT2D eigenvalue weighted by molar-refractivity contribution is 4.93. The maximum Gasteiger partial charge on any atom is 0.0593 e. The van der Waals surface area contributed by atoms with Gasteiger partial charge in [0.1, 0.15) is 0 Å². The molecule has 0 amide bonds. The second-order valence-electron chi connectivity index (χ2n) is 6.12. The van der Waals surface area contributed by atoms with Gasteiger partial charge in [-0.25, -0.2) is 0 Å². The van der Waals surface area contributed by atoms with E-state index in [1.54, 1.807) is 0 Å². The highest BCUT2D eigenvalue weighted by atomic mass is 16.5. The summed E-state index contributed by atoms with van der Waals surface area (Å²) in [6.07, 6.45) is 3.36. The van der Waals surface area contributed by atoms with E-state index in [1.165, 1.54) is 13.0 Å². The largest absolute Gasteiger partial charge is 0.393 e. The van der Waals surface area contributed by atoms with Crippen LogP contribution < -0.4 is 0 Å². The normalized spacial score (nSPS) is 33.5. The van der Waals surface area contributed by atoms with Crippen LogP contribution in [0.15, 0.2) is 0 Å². The fraction of sp³-hybridized carbons (Fsp3) is 1.00. The number of aliphatic hydroxyl groups is 1. The van der Waals surface area contributed by atoms with Crippen LogP contribution in [-0.4, -0.2) is 49.0 Å². The molecule has 2 rings (SSSR count). The topological polar surface area (TPSA) is 32.7 Å². The van der Waals surface area contributed by atoms with Crippen molar-refractivity contribution < 1.29 is 9.84 Å². The van der Waals surface area contributed by atoms with Gasteiger partial charge in [-0.15, -0.1) is 0 Å². The van der Waals surface area contributed by atoms with Gasteiger partial charge >= 0.3 is 0 Å². The molecule has 0 spiro atoms. The average Bonchev–Trinajstić information content (AvgIpc) is 2.81. The second kappa shape index (κ2) is 6.17. The zero-order valence-corrected chi connectivity index (χ0v) is 11.3. The van der Waals surface area contributed by atoms with E-state index < -0.39 is 0 Å². The quantitative estimate of drug-likeness (QED) is 0.719. The SMILES string of the molecule is CC(C)CCOCCN1CC2CCC(O)C2C1. The first-order valence-electron chi connectivity index (χ1n) is 7.15. The monoisotopic (exact) mass is 241 g/mol. The number of rotatable bonds is 6. The van der Waals surface area contributed by atoms with Crippen molar-refractivity contribution in [3.05, 3.63) is 0 Å². The molecule has 0 radical (unpaired) electrons. The Balaban J connectivity index is 1.56. The summed E-state index contributed by atoms with van der Waals surface area (Å²) >= 11 is 0. The highest BCUT2D eigenvalue weighted by Crippen LogP contribution is 2.37. The van der Waals surface area contributed by atoms with Crippen molar-refractivity contribution in [2.45, 2.75) is 39.2 Å². The van der Waals surface area contributed by atoms with Crippen molar-refractivity contribution in [1.82, 2.24) is 4.90 Å². The predicted octanol–water partition coefficient (Wildman–Crippen LogP) is 1.75. The summed E-state index contributed by atoms with van der Waals surface area (Å²) in [6, 6.07) is 0. The van der Waals surface area contributed by atoms with Crippen LogP contribution in [0.3, 0.4) is 0 Å². The van der Waals surface area contributed by atoms with Crippen molar-refractivity contribution in [3.8, 4) is 0 Å². The number of ether oxygens (including phenoxy) is 1. The smallest absolute Gasteiger partial charge is 0.0593 e. The van der Waals surface area contributed by atoms with Crippen LogP contribution in [0.4, 0.5) is 0 Å². The first-order valence-corrected chi connectivity index (χ1v) is 7.15. The molecule has 1 saturated carbocycles. The molecule has 0 aromatic carbocycles. The van der Waals surface area contributed by atoms with E-state index in [4.69, 9.17) is 4.74 Å². The lowest BCUT2D eigenvalue weighted by atomic mass is 10.00. The van der Waals surface area contributed by atoms with Gasteiger partial charge in [0.25, 0.3) is 0 Å². The van der Waals surface area contributed by atoms with Gasteiger partial charge in [0, 0.05) is 32.2 Å². The Bertz CT molecular complexity index is 232. The maximum atomic E-state index is 9.83. The summed E-state index contributed by atoms with van der Waals surface area (Å²) < 4.78 is 5.65. The lowest BCUT2D eigenvalue weighted by Crippen LogP contribution is -2.28. The van der Waals surface area contributed by atoms with Gasteiger partial charge in [-0.1, -0.05) is 13.8 Å². The lowest BCUT2D eigenvalue weighted by molar-refractivity contribution is 0.0921. The summed E-state index contributed by atoms with van der Waals surface area (Å²) in [5, 5.41) is 9.83. The minimum Gasteiger partial charge on any atom is -0.393 e. The summed E-state index contributed by atoms with van der Waals surface area (Å²) in [6.45, 7) is 9.49. The third kappa shape index (κ3) is 3.67. The van der Waals surface area contributed by atoms with E-state index in [2.05, 4.69) is 18.7 Å². The Hall–Kier alpha value is -0.120. The molecule has 2 fully saturated rings. The molecular formula is C14H27NO2. The number of hydrogen-bond donors (Lipinski definition) is 1. The molecule has 1 N–H and O–H groups in total. The van der Waals surface area contributed by atoms with Gasteiger partial charge in [-0.3, -0.25) is 0 Å². The molecule has 3 unspecified atom stereocenters. The van der Waals surface area contributed by atoms with Crippen molar-refractivity contribution >= 4 is 0 Å². The highest BCUT2D eigenvalue weighted by Gasteiger charge is 2.41. The van der Waals surface area contributed by atoms with Gasteiger partial charge < -0.3 is 14.7 Å². The molecule has 3 nitrogen and oxygen atoms in total. The van der Waals surface area contributed by atoms with Gasteiger partial charge in [0.2, 0.25) is 0 Å². The van der Waals surface area contributed by atoms with Crippen LogP contribution in [-0.2, 0) is 4.74 Å². The summed E-state index contributed by atoms with van der Waals surface area (Å²) in [5.41, 5.74) is 0. The van der Waals surface area contributed by atoms with E-state index in [9.17, 15) is 5.11 Å². The number of hydrogen-bond acceptors (Lipinski definition) is 3. The van der Waals surface area contributed by atoms with Crippen LogP contribution in [0, 0.1) is 17.8 Å². The molecule has 2 aliphatic rings. The zero-order chi connectivity index (χ0) is 12.3. The lowest BCUT2D eigenvalue weighted by Gasteiger charge is -2.18. The van der Waals surface area contributed by atoms with Crippen molar-refractivity contribution in [1.29, 1.82) is 0 Å². The van der Waals surface area contributed by atoms with Crippen molar-refractivity contribution in [2.24, 2.45) is 17.8 Å². The molecule has 1 heterocycles. The van der Waals surface area contributed by atoms with Crippen molar-refractivity contribution in [3.63, 3.8) is 0 Å². The molecule has 3 atom stereocenters. The predicted molar refractivity (Wildman–Crippen MR) is 68.9 cm³/mol. The molecule has 1 aliphatic heterocycles. The molecular weight excluding hydrogens is 214 g/mol. The second-order valence-corrected chi connectivity index (χ2v) is 6.12. The summed E-state index contributed by atoms with van der Waals surface area (Å²) in [7, 11) is 0. The number of aliphatic hydroxyl groups excluding tert-OH is 1. The Morgan fingerprint density at radius 2 is 2.06 bits per heavy atom. The van der Waals surface area contributed by atoms with Crippen LogP contribution in [0.1, 0.15) is 33.1 Å². The molecule has 100 valence electrons. The minimum absolute atomic E-state index is 0.0353. The summed E-state index contributed by atoms with van der Waals surface area (Å²) in [4.78, 5) is 2.47. The molecule has 3 heteroatoms. The third-order valence-corrected chi connectivity index (χ3v) is 4.29. The van der Waals surface area contributed by atoms with Gasteiger partial charge in [0.15, 0.2) is 0 Å². The Kier molecular flexibility index (Phi) is 4.83. The van der Waals surface area contributed by atoms with E-state index in [1.807, 2.05) is 0 Å². The summed E-state index contributed by atoms with van der Waals surface area (Å²) in [5.74, 6) is 2.03. The van der Waals surface area contributed by atoms with E-state index >= 15 is 0 Å². The maximum absolute atomic E-state index is 9.83. The first-order chi connectivity index (χ1) is 8.16. The molecule has 0 aromatic heterocycles. The van der Waals surface area contributed by atoms with Gasteiger partial charge in [0.05, 0.1) is 12.7 Å². The number of fused-ring (bicyclic) bond motifs is 1. The van der Waals surface area contributed by atoms with Crippen LogP contribution >= 0.6 is 0 Å². The third-order valence-electron chi connectivity index (χ3n) is 4.29. The molecule has 17 heavy (non-hydrogen) atoms. The Morgan fingerprint density at radius 1 is 1.24 bits per heavy atom. The average molecular weight is 241 g/mol. The van der Waals surface area contributed by atoms with Crippen molar-refractivity contribution in [2.75, 3.05) is 32.8 Å². The fourth-order valence-electron chi connectivity index (χ4n) is 3.13. The molecule has 0 bridgehead atoms. The standard InChI is InChI=1S/C14H27NO2/c1-11(2)5-7-17-8-6-15-9-12-3-4-14(16)13(12)10-15/h11-14,16H,3-10H2,1-2H3.